The van der Waals surface area contributed by atoms with Gasteiger partial charge in [-0.05, 0) is 64.7 Å². The van der Waals surface area contributed by atoms with Crippen molar-refractivity contribution >= 4 is 22.7 Å². The van der Waals surface area contributed by atoms with Gasteiger partial charge in [0, 0.05) is 48.9 Å². The van der Waals surface area contributed by atoms with E-state index < -0.39 is 0 Å². The summed E-state index contributed by atoms with van der Waals surface area (Å²) in [7, 11) is 0. The lowest BCUT2D eigenvalue weighted by atomic mass is 10.1. The van der Waals surface area contributed by atoms with Gasteiger partial charge in [0.15, 0.2) is 0 Å². The summed E-state index contributed by atoms with van der Waals surface area (Å²) in [5.74, 6) is 0. The second-order valence-electron chi connectivity index (χ2n) is 9.69. The molecule has 0 saturated heterocycles. The van der Waals surface area contributed by atoms with Crippen LogP contribution in [0.5, 0.6) is 0 Å². The number of rotatable bonds is 10. The molecule has 4 nitrogen and oxygen atoms in total. The van der Waals surface area contributed by atoms with Gasteiger partial charge in [0.25, 0.3) is 0 Å². The van der Waals surface area contributed by atoms with E-state index in [0.29, 0.717) is 0 Å². The fourth-order valence-corrected chi connectivity index (χ4v) is 4.66. The van der Waals surface area contributed by atoms with E-state index in [1.807, 2.05) is 24.3 Å². The van der Waals surface area contributed by atoms with Crippen LogP contribution in [0.3, 0.4) is 0 Å². The van der Waals surface area contributed by atoms with Gasteiger partial charge in [-0.2, -0.15) is 0 Å². The zero-order valence-electron chi connectivity index (χ0n) is 21.6. The molecule has 0 saturated carbocycles. The minimum atomic E-state index is 0.782. The third-order valence-electron chi connectivity index (χ3n) is 6.70. The molecule has 0 bridgehead atoms. The van der Waals surface area contributed by atoms with E-state index in [1.54, 1.807) is 0 Å². The van der Waals surface area contributed by atoms with Gasteiger partial charge in [-0.15, -0.1) is 0 Å². The van der Waals surface area contributed by atoms with Gasteiger partial charge in [-0.25, -0.2) is 0 Å². The molecule has 0 aliphatic rings. The SMILES string of the molecule is Nc1ccc(CN(Cc2ccccc2)c2cccc(N(Cc3ccccc3)Cc3ccc(N)cc3)c2)cc1. The van der Waals surface area contributed by atoms with Gasteiger partial charge in [0.05, 0.1) is 0 Å². The highest BCUT2D eigenvalue weighted by atomic mass is 15.1. The van der Waals surface area contributed by atoms with Crippen LogP contribution in [0.25, 0.3) is 0 Å². The Kier molecular flexibility index (Phi) is 7.90. The Balaban J connectivity index is 1.47. The van der Waals surface area contributed by atoms with Crippen molar-refractivity contribution in [1.82, 2.24) is 0 Å². The molecule has 0 aliphatic heterocycles. The normalized spacial score (nSPS) is 10.7. The lowest BCUT2D eigenvalue weighted by Gasteiger charge is -2.29. The molecule has 5 rings (SSSR count). The first-order valence-corrected chi connectivity index (χ1v) is 13.0. The van der Waals surface area contributed by atoms with Gasteiger partial charge in [-0.3, -0.25) is 0 Å². The number of hydrogen-bond donors (Lipinski definition) is 2. The fourth-order valence-electron chi connectivity index (χ4n) is 4.66. The second kappa shape index (κ2) is 12.0. The van der Waals surface area contributed by atoms with Crippen LogP contribution in [-0.2, 0) is 26.2 Å². The van der Waals surface area contributed by atoms with Crippen molar-refractivity contribution in [2.75, 3.05) is 21.3 Å². The summed E-state index contributed by atoms with van der Waals surface area (Å²) in [5.41, 5.74) is 20.8. The quantitative estimate of drug-likeness (QED) is 0.199. The van der Waals surface area contributed by atoms with E-state index >= 15 is 0 Å². The summed E-state index contributed by atoms with van der Waals surface area (Å²) < 4.78 is 0. The van der Waals surface area contributed by atoms with Gasteiger partial charge >= 0.3 is 0 Å². The lowest BCUT2D eigenvalue weighted by Crippen LogP contribution is -2.24. The summed E-state index contributed by atoms with van der Waals surface area (Å²) in [5, 5.41) is 0. The molecular weight excluding hydrogens is 464 g/mol. The molecule has 5 aromatic carbocycles. The Morgan fingerprint density at radius 2 is 0.711 bits per heavy atom. The molecule has 4 heteroatoms. The molecule has 38 heavy (non-hydrogen) atoms. The van der Waals surface area contributed by atoms with Crippen LogP contribution in [0.2, 0.25) is 0 Å². The molecule has 190 valence electrons. The molecular formula is C34H34N4. The van der Waals surface area contributed by atoms with Gasteiger partial charge in [0.2, 0.25) is 0 Å². The summed E-state index contributed by atoms with van der Waals surface area (Å²) in [6.07, 6.45) is 0. The van der Waals surface area contributed by atoms with E-state index in [4.69, 9.17) is 11.5 Å². The van der Waals surface area contributed by atoms with Crippen molar-refractivity contribution in [1.29, 1.82) is 0 Å². The van der Waals surface area contributed by atoms with Gasteiger partial charge < -0.3 is 21.3 Å². The number of nitrogens with two attached hydrogens (primary N) is 2. The Morgan fingerprint density at radius 1 is 0.368 bits per heavy atom. The molecule has 0 heterocycles. The summed E-state index contributed by atoms with van der Waals surface area (Å²) in [6, 6.07) is 46.5. The average Bonchev–Trinajstić information content (AvgIpc) is 2.96. The van der Waals surface area contributed by atoms with E-state index in [9.17, 15) is 0 Å². The van der Waals surface area contributed by atoms with Gasteiger partial charge in [0.1, 0.15) is 0 Å². The van der Waals surface area contributed by atoms with Crippen molar-refractivity contribution in [2.24, 2.45) is 0 Å². The largest absolute Gasteiger partial charge is 0.399 e. The maximum absolute atomic E-state index is 5.95. The Hall–Kier alpha value is -4.70. The number of hydrogen-bond acceptors (Lipinski definition) is 4. The number of nitrogens with zero attached hydrogens (tertiary/aromatic N) is 2. The smallest absolute Gasteiger partial charge is 0.0433 e. The van der Waals surface area contributed by atoms with Crippen LogP contribution < -0.4 is 21.3 Å². The third kappa shape index (κ3) is 6.74. The first kappa shape index (κ1) is 25.0. The second-order valence-corrected chi connectivity index (χ2v) is 9.69. The predicted molar refractivity (Wildman–Crippen MR) is 161 cm³/mol. The van der Waals surface area contributed by atoms with Crippen molar-refractivity contribution < 1.29 is 0 Å². The standard InChI is InChI=1S/C34H34N4/c35-31-18-14-29(15-19-31)25-37(23-27-8-3-1-4-9-27)33-12-7-13-34(22-33)38(24-28-10-5-2-6-11-28)26-30-16-20-32(36)21-17-30/h1-22H,23-26,35-36H2. The third-order valence-corrected chi connectivity index (χ3v) is 6.70. The molecule has 0 unspecified atom stereocenters. The highest BCUT2D eigenvalue weighted by molar-refractivity contribution is 5.60. The Bertz CT molecular complexity index is 1310. The van der Waals surface area contributed by atoms with Crippen molar-refractivity contribution in [2.45, 2.75) is 26.2 Å². The molecule has 0 radical (unpaired) electrons. The summed E-state index contributed by atoms with van der Waals surface area (Å²) >= 11 is 0. The minimum absolute atomic E-state index is 0.782. The highest BCUT2D eigenvalue weighted by Gasteiger charge is 2.14. The number of nitrogen functional groups attached to an aromatic ring is 2. The minimum Gasteiger partial charge on any atom is -0.399 e. The van der Waals surface area contributed by atoms with E-state index in [-0.39, 0.29) is 0 Å². The first-order valence-electron chi connectivity index (χ1n) is 13.0. The van der Waals surface area contributed by atoms with E-state index in [1.165, 1.54) is 33.6 Å². The first-order chi connectivity index (χ1) is 18.6. The highest BCUT2D eigenvalue weighted by Crippen LogP contribution is 2.28. The molecule has 0 aliphatic carbocycles. The topological polar surface area (TPSA) is 58.5 Å². The predicted octanol–water partition coefficient (Wildman–Crippen LogP) is 7.26. The zero-order valence-corrected chi connectivity index (χ0v) is 21.6. The lowest BCUT2D eigenvalue weighted by molar-refractivity contribution is 0.787. The van der Waals surface area contributed by atoms with Crippen molar-refractivity contribution in [3.8, 4) is 0 Å². The van der Waals surface area contributed by atoms with Crippen LogP contribution in [-0.4, -0.2) is 0 Å². The molecule has 0 aromatic heterocycles. The monoisotopic (exact) mass is 498 g/mol. The maximum atomic E-state index is 5.95. The number of benzene rings is 5. The van der Waals surface area contributed by atoms with Crippen molar-refractivity contribution in [3.05, 3.63) is 156 Å². The molecule has 0 fully saturated rings. The fraction of sp³-hybridized carbons (Fsp3) is 0.118. The van der Waals surface area contributed by atoms with Crippen molar-refractivity contribution in [3.63, 3.8) is 0 Å². The van der Waals surface area contributed by atoms with Gasteiger partial charge in [-0.1, -0.05) is 91.0 Å². The summed E-state index contributed by atoms with van der Waals surface area (Å²) in [4.78, 5) is 4.85. The van der Waals surface area contributed by atoms with E-state index in [2.05, 4.69) is 119 Å². The molecule has 4 N–H and O–H groups in total. The summed E-state index contributed by atoms with van der Waals surface area (Å²) in [6.45, 7) is 3.20. The van der Waals surface area contributed by atoms with Crippen LogP contribution >= 0.6 is 0 Å². The van der Waals surface area contributed by atoms with Crippen LogP contribution in [0.1, 0.15) is 22.3 Å². The average molecular weight is 499 g/mol. The van der Waals surface area contributed by atoms with Crippen LogP contribution in [0, 0.1) is 0 Å². The molecule has 5 aromatic rings. The maximum Gasteiger partial charge on any atom is 0.0433 e. The molecule has 0 amide bonds. The zero-order chi connectivity index (χ0) is 26.2. The van der Waals surface area contributed by atoms with Crippen LogP contribution in [0.4, 0.5) is 22.7 Å². The Morgan fingerprint density at radius 3 is 1.08 bits per heavy atom. The Labute approximate surface area is 225 Å². The van der Waals surface area contributed by atoms with Crippen LogP contribution in [0.15, 0.2) is 133 Å². The molecule has 0 atom stereocenters. The van der Waals surface area contributed by atoms with E-state index in [0.717, 1.165) is 37.6 Å². The number of anilines is 4. The molecule has 0 spiro atoms.